The van der Waals surface area contributed by atoms with Crippen molar-refractivity contribution in [2.75, 3.05) is 52.5 Å². The lowest BCUT2D eigenvalue weighted by molar-refractivity contribution is -0.135. The topological polar surface area (TPSA) is 61.9 Å². The van der Waals surface area contributed by atoms with Gasteiger partial charge in [0.1, 0.15) is 0 Å². The number of piperidine rings is 1. The van der Waals surface area contributed by atoms with E-state index in [0.717, 1.165) is 50.6 Å². The van der Waals surface area contributed by atoms with Crippen molar-refractivity contribution in [3.8, 4) is 0 Å². The highest BCUT2D eigenvalue weighted by atomic mass is 32.1. The van der Waals surface area contributed by atoms with Gasteiger partial charge in [0.25, 0.3) is 0 Å². The standard InChI is InChI=1S/C18H27N3O3S/c22-17(14-16-2-1-13-25-16)21-6-3-15(4-7-21)18(23)19-5-8-20-9-11-24-12-10-20/h1-2,13,15H,3-12,14H2,(H,19,23). The molecule has 3 rings (SSSR count). The largest absolute Gasteiger partial charge is 0.379 e. The minimum absolute atomic E-state index is 0.0375. The van der Waals surface area contributed by atoms with Crippen LogP contribution in [-0.2, 0) is 20.7 Å². The molecular formula is C18H27N3O3S. The number of hydrogen-bond donors (Lipinski definition) is 1. The van der Waals surface area contributed by atoms with E-state index in [-0.39, 0.29) is 17.7 Å². The molecule has 1 aromatic rings. The van der Waals surface area contributed by atoms with Crippen LogP contribution in [0.15, 0.2) is 17.5 Å². The zero-order valence-corrected chi connectivity index (χ0v) is 15.4. The molecule has 0 aliphatic carbocycles. The van der Waals surface area contributed by atoms with Gasteiger partial charge in [0.05, 0.1) is 19.6 Å². The van der Waals surface area contributed by atoms with Crippen molar-refractivity contribution >= 4 is 23.2 Å². The number of carbonyl (C=O) groups excluding carboxylic acids is 2. The second-order valence-electron chi connectivity index (χ2n) is 6.66. The van der Waals surface area contributed by atoms with E-state index in [1.165, 1.54) is 0 Å². The fourth-order valence-corrected chi connectivity index (χ4v) is 4.07. The molecule has 6 nitrogen and oxygen atoms in total. The summed E-state index contributed by atoms with van der Waals surface area (Å²) < 4.78 is 5.32. The molecule has 3 heterocycles. The van der Waals surface area contributed by atoms with Crippen molar-refractivity contribution in [1.29, 1.82) is 0 Å². The summed E-state index contributed by atoms with van der Waals surface area (Å²) in [6, 6.07) is 3.97. The highest BCUT2D eigenvalue weighted by molar-refractivity contribution is 7.10. The van der Waals surface area contributed by atoms with Gasteiger partial charge < -0.3 is 15.0 Å². The van der Waals surface area contributed by atoms with Crippen molar-refractivity contribution in [3.05, 3.63) is 22.4 Å². The zero-order chi connectivity index (χ0) is 17.5. The summed E-state index contributed by atoms with van der Waals surface area (Å²) in [5.74, 6) is 0.350. The number of rotatable bonds is 6. The lowest BCUT2D eigenvalue weighted by Gasteiger charge is -2.31. The Balaban J connectivity index is 1.33. The van der Waals surface area contributed by atoms with Crippen LogP contribution in [0, 0.1) is 5.92 Å². The summed E-state index contributed by atoms with van der Waals surface area (Å²) in [6.45, 7) is 6.40. The Bertz CT molecular complexity index is 550. The molecular weight excluding hydrogens is 338 g/mol. The molecule has 0 saturated carbocycles. The number of ether oxygens (including phenoxy) is 1. The van der Waals surface area contributed by atoms with Crippen molar-refractivity contribution in [1.82, 2.24) is 15.1 Å². The first-order chi connectivity index (χ1) is 12.2. The van der Waals surface area contributed by atoms with E-state index >= 15 is 0 Å². The minimum atomic E-state index is 0.0375. The van der Waals surface area contributed by atoms with E-state index in [4.69, 9.17) is 4.74 Å². The van der Waals surface area contributed by atoms with E-state index in [2.05, 4.69) is 10.2 Å². The Kier molecular flexibility index (Phi) is 6.84. The predicted molar refractivity (Wildman–Crippen MR) is 97.6 cm³/mol. The van der Waals surface area contributed by atoms with Crippen LogP contribution < -0.4 is 5.32 Å². The van der Waals surface area contributed by atoms with E-state index in [1.807, 2.05) is 22.4 Å². The van der Waals surface area contributed by atoms with Crippen LogP contribution in [0.5, 0.6) is 0 Å². The smallest absolute Gasteiger partial charge is 0.227 e. The molecule has 2 amide bonds. The maximum absolute atomic E-state index is 12.3. The number of hydrogen-bond acceptors (Lipinski definition) is 5. The van der Waals surface area contributed by atoms with Crippen molar-refractivity contribution in [3.63, 3.8) is 0 Å². The third kappa shape index (κ3) is 5.52. The highest BCUT2D eigenvalue weighted by Gasteiger charge is 2.27. The summed E-state index contributed by atoms with van der Waals surface area (Å²) in [7, 11) is 0. The number of amides is 2. The predicted octanol–water partition coefficient (Wildman–Crippen LogP) is 0.978. The SMILES string of the molecule is O=C(NCCN1CCOCC1)C1CCN(C(=O)Cc2cccs2)CC1. The fraction of sp³-hybridized carbons (Fsp3) is 0.667. The second kappa shape index (κ2) is 9.31. The van der Waals surface area contributed by atoms with Gasteiger partial charge in [0.2, 0.25) is 11.8 Å². The monoisotopic (exact) mass is 365 g/mol. The molecule has 7 heteroatoms. The quantitative estimate of drug-likeness (QED) is 0.816. The number of thiophene rings is 1. The van der Waals surface area contributed by atoms with Gasteiger partial charge in [-0.2, -0.15) is 0 Å². The highest BCUT2D eigenvalue weighted by Crippen LogP contribution is 2.19. The van der Waals surface area contributed by atoms with Crippen LogP contribution >= 0.6 is 11.3 Å². The van der Waals surface area contributed by atoms with Crippen LogP contribution in [0.4, 0.5) is 0 Å². The number of nitrogens with one attached hydrogen (secondary N) is 1. The zero-order valence-electron chi connectivity index (χ0n) is 14.6. The van der Waals surface area contributed by atoms with Gasteiger partial charge in [-0.15, -0.1) is 11.3 Å². The summed E-state index contributed by atoms with van der Waals surface area (Å²) in [5, 5.41) is 5.05. The van der Waals surface area contributed by atoms with Gasteiger partial charge in [0, 0.05) is 50.1 Å². The molecule has 0 aromatic carbocycles. The second-order valence-corrected chi connectivity index (χ2v) is 7.69. The summed E-state index contributed by atoms with van der Waals surface area (Å²) in [5.41, 5.74) is 0. The first-order valence-corrected chi connectivity index (χ1v) is 9.98. The average molecular weight is 365 g/mol. The molecule has 25 heavy (non-hydrogen) atoms. The molecule has 138 valence electrons. The summed E-state index contributed by atoms with van der Waals surface area (Å²) in [6.07, 6.45) is 2.01. The number of nitrogens with zero attached hydrogens (tertiary/aromatic N) is 2. The van der Waals surface area contributed by atoms with E-state index < -0.39 is 0 Å². The molecule has 1 aromatic heterocycles. The van der Waals surface area contributed by atoms with Crippen molar-refractivity contribution in [2.24, 2.45) is 5.92 Å². The molecule has 1 N–H and O–H groups in total. The molecule has 0 bridgehead atoms. The molecule has 0 spiro atoms. The van der Waals surface area contributed by atoms with Crippen LogP contribution in [0.2, 0.25) is 0 Å². The van der Waals surface area contributed by atoms with Gasteiger partial charge in [-0.05, 0) is 24.3 Å². The Morgan fingerprint density at radius 3 is 2.64 bits per heavy atom. The van der Waals surface area contributed by atoms with Crippen LogP contribution in [0.25, 0.3) is 0 Å². The maximum atomic E-state index is 12.3. The number of morpholine rings is 1. The lowest BCUT2D eigenvalue weighted by Crippen LogP contribution is -2.45. The molecule has 2 aliphatic rings. The Morgan fingerprint density at radius 2 is 1.96 bits per heavy atom. The van der Waals surface area contributed by atoms with Crippen LogP contribution in [0.1, 0.15) is 17.7 Å². The van der Waals surface area contributed by atoms with E-state index in [0.29, 0.717) is 26.1 Å². The normalized spacial score (nSPS) is 19.8. The van der Waals surface area contributed by atoms with Gasteiger partial charge in [-0.25, -0.2) is 0 Å². The van der Waals surface area contributed by atoms with E-state index in [9.17, 15) is 9.59 Å². The number of carbonyl (C=O) groups is 2. The average Bonchev–Trinajstić information content (AvgIpc) is 3.15. The number of likely N-dealkylation sites (tertiary alicyclic amines) is 1. The van der Waals surface area contributed by atoms with Gasteiger partial charge in [-0.3, -0.25) is 14.5 Å². The third-order valence-corrected chi connectivity index (χ3v) is 5.83. The molecule has 0 radical (unpaired) electrons. The maximum Gasteiger partial charge on any atom is 0.227 e. The third-order valence-electron chi connectivity index (χ3n) is 4.95. The molecule has 0 unspecified atom stereocenters. The minimum Gasteiger partial charge on any atom is -0.379 e. The van der Waals surface area contributed by atoms with Crippen molar-refractivity contribution < 1.29 is 14.3 Å². The fourth-order valence-electron chi connectivity index (χ4n) is 3.37. The Hall–Kier alpha value is -1.44. The first kappa shape index (κ1) is 18.4. The molecule has 2 fully saturated rings. The van der Waals surface area contributed by atoms with E-state index in [1.54, 1.807) is 11.3 Å². The summed E-state index contributed by atoms with van der Waals surface area (Å²) >= 11 is 1.62. The van der Waals surface area contributed by atoms with Gasteiger partial charge in [0.15, 0.2) is 0 Å². The van der Waals surface area contributed by atoms with Gasteiger partial charge in [-0.1, -0.05) is 6.07 Å². The Morgan fingerprint density at radius 1 is 1.20 bits per heavy atom. The van der Waals surface area contributed by atoms with Crippen LogP contribution in [-0.4, -0.2) is 74.1 Å². The molecule has 2 saturated heterocycles. The Labute approximate surface area is 153 Å². The first-order valence-electron chi connectivity index (χ1n) is 9.10. The molecule has 2 aliphatic heterocycles. The lowest BCUT2D eigenvalue weighted by atomic mass is 9.95. The molecule has 0 atom stereocenters. The van der Waals surface area contributed by atoms with Gasteiger partial charge >= 0.3 is 0 Å². The van der Waals surface area contributed by atoms with Crippen LogP contribution in [0.3, 0.4) is 0 Å². The summed E-state index contributed by atoms with van der Waals surface area (Å²) in [4.78, 5) is 29.9. The van der Waals surface area contributed by atoms with Crippen molar-refractivity contribution in [2.45, 2.75) is 19.3 Å².